The molecule has 0 aliphatic rings. The van der Waals surface area contributed by atoms with E-state index in [1.807, 2.05) is 32.9 Å². The number of pyridine rings is 1. The Hall–Kier alpha value is -1.39. The zero-order valence-electron chi connectivity index (χ0n) is 10.6. The zero-order valence-corrected chi connectivity index (χ0v) is 11.4. The second-order valence-electron chi connectivity index (χ2n) is 4.55. The lowest BCUT2D eigenvalue weighted by Crippen LogP contribution is -2.12. The molecule has 5 heteroatoms. The van der Waals surface area contributed by atoms with E-state index in [1.54, 1.807) is 17.1 Å². The summed E-state index contributed by atoms with van der Waals surface area (Å²) in [5, 5.41) is 15.0. The predicted octanol–water partition coefficient (Wildman–Crippen LogP) is 2.90. The Kier molecular flexibility index (Phi) is 3.68. The van der Waals surface area contributed by atoms with Crippen molar-refractivity contribution in [2.75, 3.05) is 0 Å². The average Bonchev–Trinajstić information content (AvgIpc) is 2.71. The fraction of sp³-hybridized carbons (Fsp3) is 0.385. The Morgan fingerprint density at radius 2 is 2.00 bits per heavy atom. The third kappa shape index (κ3) is 2.40. The number of aliphatic hydroxyl groups excluding tert-OH is 1. The summed E-state index contributed by atoms with van der Waals surface area (Å²) in [6.45, 7) is 5.89. The molecule has 0 aliphatic carbocycles. The highest BCUT2D eigenvalue weighted by molar-refractivity contribution is 6.31. The first-order valence-corrected chi connectivity index (χ1v) is 6.22. The SMILES string of the molecule is Cc1ccc(C(O)c2c(Cl)cnn2C(C)C)cn1. The number of halogens is 1. The van der Waals surface area contributed by atoms with E-state index in [1.165, 1.54) is 0 Å². The number of aliphatic hydroxyl groups is 1. The summed E-state index contributed by atoms with van der Waals surface area (Å²) in [6.07, 6.45) is 2.41. The van der Waals surface area contributed by atoms with Crippen molar-refractivity contribution in [1.82, 2.24) is 14.8 Å². The van der Waals surface area contributed by atoms with Crippen molar-refractivity contribution >= 4 is 11.6 Å². The molecule has 18 heavy (non-hydrogen) atoms. The van der Waals surface area contributed by atoms with Crippen molar-refractivity contribution in [2.24, 2.45) is 0 Å². The van der Waals surface area contributed by atoms with Crippen molar-refractivity contribution in [3.63, 3.8) is 0 Å². The van der Waals surface area contributed by atoms with Gasteiger partial charge in [-0.2, -0.15) is 5.10 Å². The van der Waals surface area contributed by atoms with Gasteiger partial charge in [0.2, 0.25) is 0 Å². The highest BCUT2D eigenvalue weighted by Crippen LogP contribution is 2.29. The van der Waals surface area contributed by atoms with Gasteiger partial charge in [-0.25, -0.2) is 0 Å². The Morgan fingerprint density at radius 1 is 1.28 bits per heavy atom. The molecule has 0 amide bonds. The zero-order chi connectivity index (χ0) is 13.3. The number of hydrogen-bond donors (Lipinski definition) is 1. The minimum Gasteiger partial charge on any atom is -0.382 e. The Labute approximate surface area is 111 Å². The summed E-state index contributed by atoms with van der Waals surface area (Å²) in [5.41, 5.74) is 2.23. The molecule has 2 aromatic rings. The van der Waals surface area contributed by atoms with Crippen LogP contribution >= 0.6 is 11.6 Å². The van der Waals surface area contributed by atoms with Gasteiger partial charge in [0.25, 0.3) is 0 Å². The van der Waals surface area contributed by atoms with E-state index in [4.69, 9.17) is 11.6 Å². The van der Waals surface area contributed by atoms with E-state index < -0.39 is 6.10 Å². The Morgan fingerprint density at radius 3 is 2.56 bits per heavy atom. The quantitative estimate of drug-likeness (QED) is 0.928. The Bertz CT molecular complexity index is 534. The van der Waals surface area contributed by atoms with Crippen molar-refractivity contribution in [3.05, 3.63) is 46.5 Å². The minimum absolute atomic E-state index is 0.139. The first-order chi connectivity index (χ1) is 8.50. The molecule has 0 spiro atoms. The Balaban J connectivity index is 2.42. The number of aryl methyl sites for hydroxylation is 1. The molecule has 0 bridgehead atoms. The van der Waals surface area contributed by atoms with Gasteiger partial charge in [-0.15, -0.1) is 0 Å². The number of aromatic nitrogens is 3. The summed E-state index contributed by atoms with van der Waals surface area (Å²) in [6, 6.07) is 3.85. The van der Waals surface area contributed by atoms with Gasteiger partial charge in [-0.05, 0) is 26.8 Å². The van der Waals surface area contributed by atoms with Crippen LogP contribution in [0.2, 0.25) is 5.02 Å². The first-order valence-electron chi connectivity index (χ1n) is 5.84. The van der Waals surface area contributed by atoms with Crippen molar-refractivity contribution in [1.29, 1.82) is 0 Å². The standard InChI is InChI=1S/C13H16ClN3O/c1-8(2)17-12(11(14)7-16-17)13(18)10-5-4-9(3)15-6-10/h4-8,13,18H,1-3H3. The third-order valence-corrected chi connectivity index (χ3v) is 3.08. The van der Waals surface area contributed by atoms with Crippen LogP contribution < -0.4 is 0 Å². The molecule has 2 heterocycles. The average molecular weight is 266 g/mol. The molecular weight excluding hydrogens is 250 g/mol. The van der Waals surface area contributed by atoms with Crippen molar-refractivity contribution < 1.29 is 5.11 Å². The van der Waals surface area contributed by atoms with E-state index >= 15 is 0 Å². The summed E-state index contributed by atoms with van der Waals surface area (Å²) in [4.78, 5) is 4.18. The fourth-order valence-corrected chi connectivity index (χ4v) is 2.05. The van der Waals surface area contributed by atoms with Gasteiger partial charge < -0.3 is 5.11 Å². The minimum atomic E-state index is -0.810. The predicted molar refractivity (Wildman–Crippen MR) is 70.7 cm³/mol. The summed E-state index contributed by atoms with van der Waals surface area (Å²) in [5.74, 6) is 0. The maximum atomic E-state index is 10.4. The normalized spacial score (nSPS) is 13.0. The molecule has 1 atom stereocenters. The smallest absolute Gasteiger partial charge is 0.124 e. The molecule has 0 saturated carbocycles. The van der Waals surface area contributed by atoms with Gasteiger partial charge >= 0.3 is 0 Å². The van der Waals surface area contributed by atoms with Gasteiger partial charge in [0.1, 0.15) is 6.10 Å². The van der Waals surface area contributed by atoms with Crippen LogP contribution in [0.1, 0.15) is 42.9 Å². The van der Waals surface area contributed by atoms with Crippen LogP contribution in [0.3, 0.4) is 0 Å². The van der Waals surface area contributed by atoms with E-state index in [9.17, 15) is 5.11 Å². The molecule has 1 unspecified atom stereocenters. The van der Waals surface area contributed by atoms with Crippen LogP contribution in [0.25, 0.3) is 0 Å². The van der Waals surface area contributed by atoms with Crippen molar-refractivity contribution in [2.45, 2.75) is 32.9 Å². The maximum Gasteiger partial charge on any atom is 0.124 e. The number of nitrogens with zero attached hydrogens (tertiary/aromatic N) is 3. The van der Waals surface area contributed by atoms with Crippen LogP contribution in [0.4, 0.5) is 0 Å². The van der Waals surface area contributed by atoms with Gasteiger partial charge in [0.05, 0.1) is 16.9 Å². The van der Waals surface area contributed by atoms with E-state index in [2.05, 4.69) is 10.1 Å². The summed E-state index contributed by atoms with van der Waals surface area (Å²) < 4.78 is 1.73. The lowest BCUT2D eigenvalue weighted by Gasteiger charge is -2.16. The lowest BCUT2D eigenvalue weighted by molar-refractivity contribution is 0.204. The molecule has 0 aromatic carbocycles. The number of rotatable bonds is 3. The lowest BCUT2D eigenvalue weighted by atomic mass is 10.1. The molecule has 2 aromatic heterocycles. The fourth-order valence-electron chi connectivity index (χ4n) is 1.82. The largest absolute Gasteiger partial charge is 0.382 e. The van der Waals surface area contributed by atoms with E-state index in [-0.39, 0.29) is 6.04 Å². The molecule has 0 saturated heterocycles. The van der Waals surface area contributed by atoms with Crippen molar-refractivity contribution in [3.8, 4) is 0 Å². The van der Waals surface area contributed by atoms with Gasteiger partial charge in [0.15, 0.2) is 0 Å². The molecule has 4 nitrogen and oxygen atoms in total. The summed E-state index contributed by atoms with van der Waals surface area (Å²) >= 11 is 6.10. The van der Waals surface area contributed by atoms with Gasteiger partial charge in [-0.3, -0.25) is 9.67 Å². The molecule has 2 rings (SSSR count). The highest BCUT2D eigenvalue weighted by Gasteiger charge is 2.21. The van der Waals surface area contributed by atoms with Crippen LogP contribution in [0.15, 0.2) is 24.5 Å². The van der Waals surface area contributed by atoms with E-state index in [0.717, 1.165) is 5.69 Å². The molecule has 0 fully saturated rings. The van der Waals surface area contributed by atoms with Crippen LogP contribution in [-0.2, 0) is 0 Å². The van der Waals surface area contributed by atoms with Crippen LogP contribution in [0, 0.1) is 6.92 Å². The molecule has 1 N–H and O–H groups in total. The second-order valence-corrected chi connectivity index (χ2v) is 4.96. The monoisotopic (exact) mass is 265 g/mol. The summed E-state index contributed by atoms with van der Waals surface area (Å²) in [7, 11) is 0. The first kappa shape index (κ1) is 13.1. The number of hydrogen-bond acceptors (Lipinski definition) is 3. The highest BCUT2D eigenvalue weighted by atomic mass is 35.5. The van der Waals surface area contributed by atoms with Crippen LogP contribution in [0.5, 0.6) is 0 Å². The molecule has 96 valence electrons. The van der Waals surface area contributed by atoms with Crippen LogP contribution in [-0.4, -0.2) is 19.9 Å². The topological polar surface area (TPSA) is 50.9 Å². The maximum absolute atomic E-state index is 10.4. The van der Waals surface area contributed by atoms with E-state index in [0.29, 0.717) is 16.3 Å². The molecule has 0 radical (unpaired) electrons. The molecular formula is C13H16ClN3O. The van der Waals surface area contributed by atoms with Gasteiger partial charge in [0, 0.05) is 23.5 Å². The molecule has 0 aliphatic heterocycles. The van der Waals surface area contributed by atoms with Gasteiger partial charge in [-0.1, -0.05) is 17.7 Å². The third-order valence-electron chi connectivity index (χ3n) is 2.79. The second kappa shape index (κ2) is 5.08.